The van der Waals surface area contributed by atoms with Crippen LogP contribution < -0.4 is 0 Å². The maximum atomic E-state index is 5.98. The Balaban J connectivity index is 2.54. The third kappa shape index (κ3) is 1.68. The molecule has 2 aromatic heterocycles. The van der Waals surface area contributed by atoms with Gasteiger partial charge >= 0.3 is 0 Å². The van der Waals surface area contributed by atoms with Crippen LogP contribution in [-0.2, 0) is 0 Å². The Bertz CT molecular complexity index is 401. The van der Waals surface area contributed by atoms with E-state index in [9.17, 15) is 0 Å². The molecule has 0 bridgehead atoms. The summed E-state index contributed by atoms with van der Waals surface area (Å²) >= 11 is 5.98. The highest BCUT2D eigenvalue weighted by Crippen LogP contribution is 2.25. The van der Waals surface area contributed by atoms with E-state index in [0.717, 1.165) is 11.1 Å². The summed E-state index contributed by atoms with van der Waals surface area (Å²) < 4.78 is 0. The van der Waals surface area contributed by atoms with Gasteiger partial charge in [-0.3, -0.25) is 9.97 Å². The van der Waals surface area contributed by atoms with E-state index in [1.807, 2.05) is 18.2 Å². The smallest absolute Gasteiger partial charge is 0.0667 e. The minimum absolute atomic E-state index is 0.661. The Labute approximate surface area is 81.2 Å². The van der Waals surface area contributed by atoms with E-state index >= 15 is 0 Å². The monoisotopic (exact) mass is 190 g/mol. The van der Waals surface area contributed by atoms with Gasteiger partial charge in [0, 0.05) is 30.4 Å². The zero-order valence-electron chi connectivity index (χ0n) is 6.81. The third-order valence-electron chi connectivity index (χ3n) is 1.76. The van der Waals surface area contributed by atoms with Crippen molar-refractivity contribution in [2.24, 2.45) is 0 Å². The zero-order valence-corrected chi connectivity index (χ0v) is 7.57. The van der Waals surface area contributed by atoms with Crippen LogP contribution in [0.25, 0.3) is 11.1 Å². The lowest BCUT2D eigenvalue weighted by atomic mass is 10.1. The fourth-order valence-electron chi connectivity index (χ4n) is 1.14. The Morgan fingerprint density at radius 2 is 1.62 bits per heavy atom. The lowest BCUT2D eigenvalue weighted by Gasteiger charge is -2.01. The van der Waals surface area contributed by atoms with Crippen LogP contribution in [0.5, 0.6) is 0 Å². The predicted molar refractivity (Wildman–Crippen MR) is 52.5 cm³/mol. The fourth-order valence-corrected chi connectivity index (χ4v) is 1.37. The molecule has 2 nitrogen and oxygen atoms in total. The van der Waals surface area contributed by atoms with E-state index < -0.39 is 0 Å². The van der Waals surface area contributed by atoms with Gasteiger partial charge in [-0.1, -0.05) is 11.6 Å². The van der Waals surface area contributed by atoms with E-state index in [1.54, 1.807) is 24.8 Å². The van der Waals surface area contributed by atoms with Gasteiger partial charge in [-0.15, -0.1) is 0 Å². The van der Waals surface area contributed by atoms with Crippen LogP contribution in [0, 0.1) is 0 Å². The van der Waals surface area contributed by atoms with Crippen molar-refractivity contribution in [1.82, 2.24) is 9.97 Å². The summed E-state index contributed by atoms with van der Waals surface area (Å²) in [6, 6.07) is 5.72. The summed E-state index contributed by atoms with van der Waals surface area (Å²) in [5.41, 5.74) is 2.04. The van der Waals surface area contributed by atoms with E-state index in [4.69, 9.17) is 11.6 Å². The highest BCUT2D eigenvalue weighted by molar-refractivity contribution is 6.33. The average Bonchev–Trinajstić information content (AvgIpc) is 2.20. The number of aromatic nitrogens is 2. The molecule has 13 heavy (non-hydrogen) atoms. The van der Waals surface area contributed by atoms with Gasteiger partial charge in [-0.05, 0) is 23.8 Å². The highest BCUT2D eigenvalue weighted by Gasteiger charge is 2.00. The fraction of sp³-hybridized carbons (Fsp3) is 0. The molecule has 2 heterocycles. The first-order valence-corrected chi connectivity index (χ1v) is 4.25. The molecule has 0 saturated heterocycles. The van der Waals surface area contributed by atoms with Crippen LogP contribution in [-0.4, -0.2) is 9.97 Å². The Morgan fingerprint density at radius 3 is 2.31 bits per heavy atom. The Morgan fingerprint density at radius 1 is 0.923 bits per heavy atom. The highest BCUT2D eigenvalue weighted by atomic mass is 35.5. The molecule has 0 N–H and O–H groups in total. The second kappa shape index (κ2) is 3.54. The molecule has 0 atom stereocenters. The lowest BCUT2D eigenvalue weighted by Crippen LogP contribution is -1.80. The number of rotatable bonds is 1. The number of hydrogen-bond donors (Lipinski definition) is 0. The molecule has 0 unspecified atom stereocenters. The molecule has 0 aliphatic rings. The van der Waals surface area contributed by atoms with Crippen LogP contribution in [0.15, 0.2) is 43.0 Å². The van der Waals surface area contributed by atoms with Gasteiger partial charge < -0.3 is 0 Å². The number of pyridine rings is 2. The molecule has 2 rings (SSSR count). The molecule has 0 aliphatic heterocycles. The van der Waals surface area contributed by atoms with Crippen LogP contribution in [0.4, 0.5) is 0 Å². The van der Waals surface area contributed by atoms with E-state index in [-0.39, 0.29) is 0 Å². The SMILES string of the molecule is Clc1cnccc1-c1ccncc1. The number of halogens is 1. The molecule has 0 fully saturated rings. The quantitative estimate of drug-likeness (QED) is 0.691. The molecule has 0 aromatic carbocycles. The standard InChI is InChI=1S/C10H7ClN2/c11-10-7-13-6-3-9(10)8-1-4-12-5-2-8/h1-7H. The summed E-state index contributed by atoms with van der Waals surface area (Å²) in [6.45, 7) is 0. The number of hydrogen-bond acceptors (Lipinski definition) is 2. The largest absolute Gasteiger partial charge is 0.265 e. The van der Waals surface area contributed by atoms with Crippen molar-refractivity contribution in [2.45, 2.75) is 0 Å². The lowest BCUT2D eigenvalue weighted by molar-refractivity contribution is 1.31. The van der Waals surface area contributed by atoms with Gasteiger partial charge in [0.25, 0.3) is 0 Å². The molecular formula is C10H7ClN2. The van der Waals surface area contributed by atoms with Crippen LogP contribution in [0.1, 0.15) is 0 Å². The maximum Gasteiger partial charge on any atom is 0.0667 e. The molecule has 0 spiro atoms. The van der Waals surface area contributed by atoms with Crippen molar-refractivity contribution in [3.63, 3.8) is 0 Å². The molecule has 0 aliphatic carbocycles. The second-order valence-corrected chi connectivity index (χ2v) is 3.00. The van der Waals surface area contributed by atoms with Crippen molar-refractivity contribution in [3.8, 4) is 11.1 Å². The Hall–Kier alpha value is -1.41. The maximum absolute atomic E-state index is 5.98. The summed E-state index contributed by atoms with van der Waals surface area (Å²) in [6.07, 6.45) is 6.84. The van der Waals surface area contributed by atoms with Crippen LogP contribution in [0.3, 0.4) is 0 Å². The summed E-state index contributed by atoms with van der Waals surface area (Å²) in [4.78, 5) is 7.86. The van der Waals surface area contributed by atoms with Crippen molar-refractivity contribution in [3.05, 3.63) is 48.0 Å². The molecular weight excluding hydrogens is 184 g/mol. The third-order valence-corrected chi connectivity index (χ3v) is 2.06. The van der Waals surface area contributed by atoms with Crippen molar-refractivity contribution < 1.29 is 0 Å². The van der Waals surface area contributed by atoms with E-state index in [0.29, 0.717) is 5.02 Å². The predicted octanol–water partition coefficient (Wildman–Crippen LogP) is 2.80. The minimum atomic E-state index is 0.661. The van der Waals surface area contributed by atoms with Gasteiger partial charge in [0.15, 0.2) is 0 Å². The van der Waals surface area contributed by atoms with Crippen molar-refractivity contribution >= 4 is 11.6 Å². The first kappa shape index (κ1) is 8.20. The molecule has 3 heteroatoms. The topological polar surface area (TPSA) is 25.8 Å². The first-order valence-electron chi connectivity index (χ1n) is 3.88. The van der Waals surface area contributed by atoms with Crippen molar-refractivity contribution in [2.75, 3.05) is 0 Å². The van der Waals surface area contributed by atoms with Crippen molar-refractivity contribution in [1.29, 1.82) is 0 Å². The molecule has 0 amide bonds. The summed E-state index contributed by atoms with van der Waals surface area (Å²) in [7, 11) is 0. The zero-order chi connectivity index (χ0) is 9.10. The molecule has 64 valence electrons. The van der Waals surface area contributed by atoms with Gasteiger partial charge in [0.1, 0.15) is 0 Å². The first-order chi connectivity index (χ1) is 6.38. The average molecular weight is 191 g/mol. The normalized spacial score (nSPS) is 9.92. The minimum Gasteiger partial charge on any atom is -0.265 e. The van der Waals surface area contributed by atoms with E-state index in [1.165, 1.54) is 0 Å². The van der Waals surface area contributed by atoms with E-state index in [2.05, 4.69) is 9.97 Å². The summed E-state index contributed by atoms with van der Waals surface area (Å²) in [5.74, 6) is 0. The van der Waals surface area contributed by atoms with Gasteiger partial charge in [-0.2, -0.15) is 0 Å². The molecule has 0 saturated carbocycles. The van der Waals surface area contributed by atoms with Crippen LogP contribution in [0.2, 0.25) is 5.02 Å². The summed E-state index contributed by atoms with van der Waals surface area (Å²) in [5, 5.41) is 0.661. The number of nitrogens with zero attached hydrogens (tertiary/aromatic N) is 2. The molecule has 2 aromatic rings. The Kier molecular flexibility index (Phi) is 2.23. The van der Waals surface area contributed by atoms with Gasteiger partial charge in [0.2, 0.25) is 0 Å². The van der Waals surface area contributed by atoms with Gasteiger partial charge in [0.05, 0.1) is 5.02 Å². The second-order valence-electron chi connectivity index (χ2n) is 2.59. The molecule has 0 radical (unpaired) electrons. The van der Waals surface area contributed by atoms with Crippen LogP contribution >= 0.6 is 11.6 Å². The van der Waals surface area contributed by atoms with Gasteiger partial charge in [-0.25, -0.2) is 0 Å².